The fourth-order valence-electron chi connectivity index (χ4n) is 13.8. The van der Waals surface area contributed by atoms with E-state index in [1.807, 2.05) is 12.1 Å². The first-order valence-electron chi connectivity index (χ1n) is 43.0. The van der Waals surface area contributed by atoms with Gasteiger partial charge in [0.05, 0.1) is 26.4 Å². The number of carbonyl (C=O) groups is 8. The largest absolute Gasteiger partial charge is 0.462 e. The fourth-order valence-corrected chi connectivity index (χ4v) is 13.8. The Hall–Kier alpha value is -10.2. The third-order valence-corrected chi connectivity index (χ3v) is 21.3. The summed E-state index contributed by atoms with van der Waals surface area (Å²) in [5.41, 5.74) is 13.8. The monoisotopic (exact) mass is 1680 g/mol. The van der Waals surface area contributed by atoms with Crippen LogP contribution in [0.25, 0.3) is 33.4 Å². The number of unbranched alkanes of at least 4 members (excludes halogenated alkanes) is 8. The molecular weight excluding hydrogens is 1530 g/mol. The van der Waals surface area contributed by atoms with Crippen molar-refractivity contribution in [1.29, 1.82) is 0 Å². The van der Waals surface area contributed by atoms with Crippen molar-refractivity contribution in [3.8, 4) is 33.4 Å². The average Bonchev–Trinajstić information content (AvgIpc) is 0.805. The molecule has 0 saturated heterocycles. The van der Waals surface area contributed by atoms with Crippen LogP contribution in [0.3, 0.4) is 0 Å². The van der Waals surface area contributed by atoms with Crippen LogP contribution in [0.2, 0.25) is 0 Å². The SMILES string of the molecule is C.C.C.C=C(C)C(=O)OC(CCCCCCCCC)OC(=O)C(=C)C.C=C(C)C(=O)OC(OC(=O)C(=C)C)c1ccc(-c2ccc(C3CCC(CCC)CC3)cc2)cc1.C=C(C)C(=O)OCC(COC(=O)C(=C)C)C1CCC(CCCC)CC1.C=C(C)C(=O)OCC(COC(=O)C(=C)C)Cc1ccc(-c2ccc(-c3ccc(CCCC)cc3)cc2)cc1. The number of hydrogen-bond acceptors (Lipinski definition) is 16. The van der Waals surface area contributed by atoms with Crippen molar-refractivity contribution in [2.24, 2.45) is 29.6 Å². The van der Waals surface area contributed by atoms with Crippen LogP contribution in [-0.4, -0.2) is 80.5 Å². The molecular formula is C106H150O16. The second-order valence-corrected chi connectivity index (χ2v) is 32.5. The van der Waals surface area contributed by atoms with E-state index >= 15 is 0 Å². The summed E-state index contributed by atoms with van der Waals surface area (Å²) in [4.78, 5) is 94.4. The Balaban J connectivity index is 0.000000825. The highest BCUT2D eigenvalue weighted by molar-refractivity contribution is 5.91. The van der Waals surface area contributed by atoms with Crippen molar-refractivity contribution in [3.63, 3.8) is 0 Å². The predicted molar refractivity (Wildman–Crippen MR) is 499 cm³/mol. The second-order valence-electron chi connectivity index (χ2n) is 32.5. The molecule has 16 heteroatoms. The summed E-state index contributed by atoms with van der Waals surface area (Å²) < 4.78 is 42.4. The molecule has 2 saturated carbocycles. The molecule has 7 rings (SSSR count). The second kappa shape index (κ2) is 60.3. The number of hydrogen-bond donors (Lipinski definition) is 0. The summed E-state index contributed by atoms with van der Waals surface area (Å²) in [7, 11) is 0. The molecule has 16 nitrogen and oxygen atoms in total. The molecule has 0 N–H and O–H groups in total. The third kappa shape index (κ3) is 42.0. The maximum absolute atomic E-state index is 12.0. The minimum Gasteiger partial charge on any atom is -0.462 e. The summed E-state index contributed by atoms with van der Waals surface area (Å²) >= 11 is 0. The van der Waals surface area contributed by atoms with Crippen LogP contribution in [0, 0.1) is 29.6 Å². The summed E-state index contributed by atoms with van der Waals surface area (Å²) in [6.07, 6.45) is 27.1. The van der Waals surface area contributed by atoms with E-state index in [2.05, 4.69) is 177 Å². The standard InChI is InChI=1S/C34H38O4.C30H36O4.C21H34O4.C18H30O4.3CH4/c1-6-7-8-26-9-13-29(14-10-26)31-17-19-32(20-18-31)30-15-11-27(12-16-30)21-28(22-37-33(35)24(2)3)23-38-34(36)25(4)5;1-6-7-22-8-10-23(11-9-22)24-12-14-25(15-13-24)26-16-18-27(19-17-26)30(33-28(31)20(2)3)34-29(32)21(4)5;1-6-7-8-17-9-11-18(12-10-17)19(13-24-20(22)15(2)3)14-25-21(23)16(4)5;1-6-7-8-9-10-11-12-13-16(21-17(19)14(2)3)22-18(20)15(4)5;;;/h9-20,28H,2,4,6-8,21-23H2,1,3,5H3;12-19,22-23,30H,2,4,6-11H2,1,3,5H3;17-19H,2,4,6-14H2,1,3,5H3;16H,2,4,6-13H2,1,3,5H3;3*1H4. The van der Waals surface area contributed by atoms with Gasteiger partial charge in [0.15, 0.2) is 0 Å². The highest BCUT2D eigenvalue weighted by Gasteiger charge is 2.31. The van der Waals surface area contributed by atoms with Gasteiger partial charge in [0.2, 0.25) is 6.29 Å². The lowest BCUT2D eigenvalue weighted by molar-refractivity contribution is -0.185. The first-order chi connectivity index (χ1) is 56.8. The molecule has 2 fully saturated rings. The molecule has 5 aromatic carbocycles. The molecule has 0 atom stereocenters. The molecule has 670 valence electrons. The zero-order valence-electron chi connectivity index (χ0n) is 73.9. The van der Waals surface area contributed by atoms with E-state index in [-0.39, 0.29) is 94.8 Å². The summed E-state index contributed by atoms with van der Waals surface area (Å²) in [5, 5.41) is 0. The minimum atomic E-state index is -1.16. The van der Waals surface area contributed by atoms with Crippen LogP contribution in [0.4, 0.5) is 0 Å². The van der Waals surface area contributed by atoms with Crippen molar-refractivity contribution >= 4 is 47.8 Å². The molecule has 122 heavy (non-hydrogen) atoms. The van der Waals surface area contributed by atoms with Crippen molar-refractivity contribution in [1.82, 2.24) is 0 Å². The van der Waals surface area contributed by atoms with E-state index in [4.69, 9.17) is 37.9 Å². The van der Waals surface area contributed by atoms with Crippen LogP contribution < -0.4 is 0 Å². The first-order valence-corrected chi connectivity index (χ1v) is 43.0. The molecule has 0 spiro atoms. The Morgan fingerprint density at radius 2 is 0.648 bits per heavy atom. The maximum atomic E-state index is 12.0. The van der Waals surface area contributed by atoms with E-state index < -0.39 is 48.4 Å². The lowest BCUT2D eigenvalue weighted by atomic mass is 9.75. The normalized spacial score (nSPS) is 14.3. The topological polar surface area (TPSA) is 210 Å². The number of aryl methyl sites for hydroxylation is 1. The molecule has 5 aromatic rings. The number of esters is 8. The van der Waals surface area contributed by atoms with E-state index in [0.717, 1.165) is 78.2 Å². The van der Waals surface area contributed by atoms with E-state index in [1.165, 1.54) is 131 Å². The number of benzene rings is 5. The van der Waals surface area contributed by atoms with E-state index in [0.29, 0.717) is 52.5 Å². The van der Waals surface area contributed by atoms with Crippen LogP contribution in [0.1, 0.15) is 288 Å². The number of ether oxygens (including phenoxy) is 8. The number of rotatable bonds is 44. The van der Waals surface area contributed by atoms with Gasteiger partial charge in [0, 0.05) is 68.4 Å². The molecule has 2 aliphatic carbocycles. The van der Waals surface area contributed by atoms with Crippen LogP contribution in [-0.2, 0) is 89.1 Å². The summed E-state index contributed by atoms with van der Waals surface area (Å²) in [6, 6.07) is 42.1. The smallest absolute Gasteiger partial charge is 0.336 e. The third-order valence-electron chi connectivity index (χ3n) is 21.3. The fraction of sp³-hybridized carbons (Fsp3) is 0.491. The molecule has 0 unspecified atom stereocenters. The van der Waals surface area contributed by atoms with Gasteiger partial charge in [-0.15, -0.1) is 0 Å². The Morgan fingerprint density at radius 3 is 1.02 bits per heavy atom. The Bertz CT molecular complexity index is 3990. The van der Waals surface area contributed by atoms with Crippen LogP contribution in [0.5, 0.6) is 0 Å². The zero-order chi connectivity index (χ0) is 87.9. The van der Waals surface area contributed by atoms with Crippen LogP contribution >= 0.6 is 0 Å². The van der Waals surface area contributed by atoms with Crippen molar-refractivity contribution in [3.05, 3.63) is 241 Å². The molecule has 0 aliphatic heterocycles. The van der Waals surface area contributed by atoms with Gasteiger partial charge < -0.3 is 37.9 Å². The van der Waals surface area contributed by atoms with Crippen molar-refractivity contribution < 1.29 is 76.3 Å². The first kappa shape index (κ1) is 110. The van der Waals surface area contributed by atoms with Crippen molar-refractivity contribution in [2.75, 3.05) is 26.4 Å². The van der Waals surface area contributed by atoms with E-state index in [9.17, 15) is 38.4 Å². The Kier molecular flexibility index (Phi) is 54.3. The van der Waals surface area contributed by atoms with Gasteiger partial charge >= 0.3 is 47.8 Å². The molecule has 2 aliphatic rings. The van der Waals surface area contributed by atoms with Gasteiger partial charge in [-0.05, 0) is 193 Å². The van der Waals surface area contributed by atoms with Gasteiger partial charge in [0.1, 0.15) is 0 Å². The number of carbonyl (C=O) groups excluding carboxylic acids is 8. The van der Waals surface area contributed by atoms with Gasteiger partial charge in [-0.25, -0.2) is 38.4 Å². The zero-order valence-corrected chi connectivity index (χ0v) is 73.9. The summed E-state index contributed by atoms with van der Waals surface area (Å²) in [5.74, 6) is -1.32. The molecule has 0 radical (unpaired) electrons. The van der Waals surface area contributed by atoms with Gasteiger partial charge in [-0.1, -0.05) is 314 Å². The summed E-state index contributed by atoms with van der Waals surface area (Å²) in [6.45, 7) is 51.1. The predicted octanol–water partition coefficient (Wildman–Crippen LogP) is 26.9. The Labute approximate surface area is 734 Å². The molecule has 0 aromatic heterocycles. The van der Waals surface area contributed by atoms with Gasteiger partial charge in [-0.3, -0.25) is 0 Å². The molecule has 0 bridgehead atoms. The minimum absolute atomic E-state index is 0. The van der Waals surface area contributed by atoms with Crippen molar-refractivity contribution in [2.45, 2.75) is 284 Å². The quantitative estimate of drug-likeness (QED) is 0.0117. The molecule has 0 heterocycles. The Morgan fingerprint density at radius 1 is 0.328 bits per heavy atom. The average molecular weight is 1680 g/mol. The lowest BCUT2D eigenvalue weighted by Crippen LogP contribution is -2.30. The van der Waals surface area contributed by atoms with Gasteiger partial charge in [0.25, 0.3) is 6.29 Å². The van der Waals surface area contributed by atoms with Crippen LogP contribution in [0.15, 0.2) is 219 Å². The lowest BCUT2D eigenvalue weighted by Gasteiger charge is -2.33. The molecule has 0 amide bonds. The van der Waals surface area contributed by atoms with E-state index in [1.54, 1.807) is 67.5 Å². The highest BCUT2D eigenvalue weighted by Crippen LogP contribution is 2.40. The highest BCUT2D eigenvalue weighted by atomic mass is 16.7. The maximum Gasteiger partial charge on any atom is 0.336 e. The van der Waals surface area contributed by atoms with Gasteiger partial charge in [-0.2, -0.15) is 0 Å².